The highest BCUT2D eigenvalue weighted by Crippen LogP contribution is 2.25. The molecule has 6 nitrogen and oxygen atoms in total. The normalized spacial score (nSPS) is 16.7. The third-order valence-corrected chi connectivity index (χ3v) is 13.1. The van der Waals surface area contributed by atoms with Crippen molar-refractivity contribution < 1.29 is 4.57 Å². The van der Waals surface area contributed by atoms with Crippen LogP contribution in [0.2, 0.25) is 0 Å². The monoisotopic (exact) mass is 791 g/mol. The lowest BCUT2D eigenvalue weighted by atomic mass is 10.1. The van der Waals surface area contributed by atoms with Crippen molar-refractivity contribution in [2.75, 3.05) is 93.3 Å². The first-order valence-corrected chi connectivity index (χ1v) is 23.8. The minimum atomic E-state index is 0.826. The molecule has 0 bridgehead atoms. The van der Waals surface area contributed by atoms with Gasteiger partial charge in [-0.3, -0.25) is 4.99 Å². The Kier molecular flexibility index (Phi) is 20.5. The summed E-state index contributed by atoms with van der Waals surface area (Å²) in [6, 6.07) is 24.5. The second-order valence-corrected chi connectivity index (χ2v) is 17.3. The van der Waals surface area contributed by atoms with Crippen molar-refractivity contribution in [2.45, 2.75) is 58.9 Å². The van der Waals surface area contributed by atoms with Gasteiger partial charge < -0.3 is 19.6 Å². The number of unbranched alkanes of at least 4 members (excludes halogenated alkanes) is 2. The van der Waals surface area contributed by atoms with Crippen molar-refractivity contribution in [1.82, 2.24) is 9.80 Å². The maximum atomic E-state index is 4.18. The lowest BCUT2D eigenvalue weighted by molar-refractivity contribution is -0.695. The lowest BCUT2D eigenvalue weighted by Crippen LogP contribution is -2.34. The zero-order valence-corrected chi connectivity index (χ0v) is 35.9. The van der Waals surface area contributed by atoms with Gasteiger partial charge in [-0.25, -0.2) is 0 Å². The lowest BCUT2D eigenvalue weighted by Gasteiger charge is -2.24. The Hall–Kier alpha value is -3.56. The fourth-order valence-corrected chi connectivity index (χ4v) is 9.59. The molecular weight excluding hydrogens is 725 g/mol. The molecule has 5 rings (SSSR count). The number of hydrogen-bond acceptors (Lipinski definition) is 7. The average molecular weight is 792 g/mol. The molecule has 300 valence electrons. The van der Waals surface area contributed by atoms with Crippen molar-refractivity contribution in [3.8, 4) is 0 Å². The van der Waals surface area contributed by atoms with Gasteiger partial charge in [0.05, 0.1) is 0 Å². The zero-order chi connectivity index (χ0) is 38.9. The van der Waals surface area contributed by atoms with Crippen molar-refractivity contribution >= 4 is 57.4 Å². The molecule has 3 heterocycles. The Balaban J connectivity index is 0.868. The first-order valence-electron chi connectivity index (χ1n) is 21.3. The van der Waals surface area contributed by atoms with Crippen LogP contribution in [0.3, 0.4) is 0 Å². The molecule has 0 aliphatic carbocycles. The number of aromatic nitrogens is 1. The minimum Gasteiger partial charge on any atom is -0.370 e. The highest BCUT2D eigenvalue weighted by molar-refractivity contribution is 8.76. The molecule has 1 aromatic heterocycles. The predicted octanol–water partition coefficient (Wildman–Crippen LogP) is 10.0. The van der Waals surface area contributed by atoms with Gasteiger partial charge in [0.2, 0.25) is 5.69 Å². The largest absolute Gasteiger partial charge is 0.370 e. The van der Waals surface area contributed by atoms with Gasteiger partial charge in [0.15, 0.2) is 6.20 Å². The van der Waals surface area contributed by atoms with Gasteiger partial charge in [-0.1, -0.05) is 76.2 Å². The van der Waals surface area contributed by atoms with E-state index in [0.717, 1.165) is 39.3 Å². The summed E-state index contributed by atoms with van der Waals surface area (Å²) in [6.07, 6.45) is 28.5. The highest BCUT2D eigenvalue weighted by atomic mass is 33.1. The van der Waals surface area contributed by atoms with E-state index >= 15 is 0 Å². The Labute approximate surface area is 347 Å². The number of hydrogen-bond donors (Lipinski definition) is 0. The summed E-state index contributed by atoms with van der Waals surface area (Å²) >= 11 is 0. The van der Waals surface area contributed by atoms with Crippen molar-refractivity contribution in [3.63, 3.8) is 0 Å². The van der Waals surface area contributed by atoms with E-state index in [9.17, 15) is 0 Å². The van der Waals surface area contributed by atoms with E-state index in [1.54, 1.807) is 0 Å². The van der Waals surface area contributed by atoms with Gasteiger partial charge in [0, 0.05) is 93.1 Å². The van der Waals surface area contributed by atoms with Gasteiger partial charge in [-0.05, 0) is 132 Å². The van der Waals surface area contributed by atoms with Crippen LogP contribution in [-0.2, 0) is 6.54 Å². The van der Waals surface area contributed by atoms with Gasteiger partial charge in [-0.2, -0.15) is 4.57 Å². The molecule has 0 atom stereocenters. The molecule has 3 aromatic rings. The zero-order valence-electron chi connectivity index (χ0n) is 34.3. The average Bonchev–Trinajstić information content (AvgIpc) is 3.63. The van der Waals surface area contributed by atoms with E-state index in [1.807, 2.05) is 31.4 Å². The molecule has 0 amide bonds. The molecule has 0 saturated carbocycles. The Bertz CT molecular complexity index is 1670. The van der Waals surface area contributed by atoms with Crippen LogP contribution in [-0.4, -0.2) is 99.5 Å². The molecule has 2 aliphatic rings. The summed E-state index contributed by atoms with van der Waals surface area (Å²) in [7, 11) is 4.19. The van der Waals surface area contributed by atoms with Crippen LogP contribution >= 0.6 is 21.6 Å². The fourth-order valence-electron chi connectivity index (χ4n) is 7.29. The number of pyridine rings is 1. The minimum absolute atomic E-state index is 0.826. The summed E-state index contributed by atoms with van der Waals surface area (Å²) in [6.45, 7) is 17.8. The molecule has 2 fully saturated rings. The molecule has 2 aromatic carbocycles. The van der Waals surface area contributed by atoms with Gasteiger partial charge in [0.1, 0.15) is 6.54 Å². The van der Waals surface area contributed by atoms with Crippen LogP contribution in [0.15, 0.2) is 108 Å². The molecule has 8 heteroatoms. The summed E-state index contributed by atoms with van der Waals surface area (Å²) in [5.74, 6) is 2.55. The van der Waals surface area contributed by atoms with Gasteiger partial charge in [-0.15, -0.1) is 0 Å². The van der Waals surface area contributed by atoms with E-state index in [2.05, 4.69) is 161 Å². The van der Waals surface area contributed by atoms with Gasteiger partial charge in [0.25, 0.3) is 0 Å². The SMILES string of the molecule is CCN=C\C=C/C=C/C=C/c1ccc(N2CCCN(CCCCSSCCCCN3CCCN(c4ccc(/C=C/c5cccc[n+]5CC)cc4)CC3)CC2)cc1. The number of anilines is 2. The van der Waals surface area contributed by atoms with Crippen LogP contribution in [0.1, 0.15) is 69.2 Å². The smallest absolute Gasteiger partial charge is 0.205 e. The van der Waals surface area contributed by atoms with Gasteiger partial charge >= 0.3 is 0 Å². The van der Waals surface area contributed by atoms with E-state index in [1.165, 1.54) is 117 Å². The van der Waals surface area contributed by atoms with E-state index in [4.69, 9.17) is 0 Å². The number of aryl methyl sites for hydroxylation is 1. The van der Waals surface area contributed by atoms with E-state index < -0.39 is 0 Å². The maximum absolute atomic E-state index is 4.18. The Morgan fingerprint density at radius 2 is 1.14 bits per heavy atom. The standard InChI is InChI=1S/C48H67N6S2/c1-3-49-30-10-7-5-6-8-18-44-20-26-47(27-21-44)53-36-16-33-50(38-40-53)31-12-14-42-55-56-43-15-13-32-51-34-17-37-54(41-39-51)48-28-23-45(24-29-48)22-25-46-19-9-11-35-52(46)4-2/h5-11,18-30,35H,3-4,12-17,31-34,36-43H2,1-2H3/q+1/b6-5+,10-7-,18-8+,49-30?. The quantitative estimate of drug-likeness (QED) is 0.0351. The number of nitrogens with zero attached hydrogens (tertiary/aromatic N) is 6. The molecule has 2 aliphatic heterocycles. The van der Waals surface area contributed by atoms with Crippen molar-refractivity contribution in [3.05, 3.63) is 120 Å². The predicted molar refractivity (Wildman–Crippen MR) is 250 cm³/mol. The van der Waals surface area contributed by atoms with E-state index in [0.29, 0.717) is 0 Å². The molecule has 56 heavy (non-hydrogen) atoms. The Morgan fingerprint density at radius 3 is 1.73 bits per heavy atom. The summed E-state index contributed by atoms with van der Waals surface area (Å²) < 4.78 is 2.27. The third-order valence-electron chi connectivity index (χ3n) is 10.6. The summed E-state index contributed by atoms with van der Waals surface area (Å²) in [5.41, 5.74) is 6.43. The first kappa shape index (κ1) is 43.6. The molecule has 0 unspecified atom stereocenters. The Morgan fingerprint density at radius 1 is 0.571 bits per heavy atom. The van der Waals surface area contributed by atoms with E-state index in [-0.39, 0.29) is 0 Å². The molecule has 0 spiro atoms. The number of rotatable bonds is 21. The first-order chi connectivity index (χ1) is 27.7. The van der Waals surface area contributed by atoms with Crippen LogP contribution in [0.25, 0.3) is 18.2 Å². The second-order valence-electron chi connectivity index (χ2n) is 14.6. The third kappa shape index (κ3) is 16.1. The summed E-state index contributed by atoms with van der Waals surface area (Å²) in [5, 5.41) is 0. The number of allylic oxidation sites excluding steroid dienone is 5. The van der Waals surface area contributed by atoms with Crippen LogP contribution in [0.5, 0.6) is 0 Å². The molecular formula is C48H67N6S2+. The van der Waals surface area contributed by atoms with Crippen LogP contribution < -0.4 is 14.4 Å². The van der Waals surface area contributed by atoms with Crippen molar-refractivity contribution in [2.24, 2.45) is 4.99 Å². The molecule has 2 saturated heterocycles. The summed E-state index contributed by atoms with van der Waals surface area (Å²) in [4.78, 5) is 14.7. The van der Waals surface area contributed by atoms with Crippen molar-refractivity contribution in [1.29, 1.82) is 0 Å². The number of aliphatic imine (C=N–C) groups is 1. The second kappa shape index (κ2) is 26.4. The molecule has 0 N–H and O–H groups in total. The highest BCUT2D eigenvalue weighted by Gasteiger charge is 2.16. The fraction of sp³-hybridized carbons (Fsp3) is 0.458. The van der Waals surface area contributed by atoms with Crippen LogP contribution in [0.4, 0.5) is 11.4 Å². The number of benzene rings is 2. The van der Waals surface area contributed by atoms with Crippen LogP contribution in [0, 0.1) is 0 Å². The maximum Gasteiger partial charge on any atom is 0.205 e. The topological polar surface area (TPSA) is 29.2 Å². The molecule has 0 radical (unpaired) electrons.